The Labute approximate surface area is 162 Å². The molecule has 156 valence electrons. The second-order valence-corrected chi connectivity index (χ2v) is 6.46. The fraction of sp³-hybridized carbons (Fsp3) is 0.412. The number of hydrogen-bond acceptors (Lipinski definition) is 6. The number of alkyl halides is 3. The number of aryl methyl sites for hydroxylation is 1. The number of benzene rings is 1. The minimum atomic E-state index is -4.54. The first kappa shape index (κ1) is 20.4. The van der Waals surface area contributed by atoms with Gasteiger partial charge in [0.15, 0.2) is 0 Å². The van der Waals surface area contributed by atoms with Crippen molar-refractivity contribution >= 4 is 11.9 Å². The number of nitrogens with zero attached hydrogens (tertiary/aromatic N) is 5. The van der Waals surface area contributed by atoms with Crippen LogP contribution in [0.25, 0.3) is 0 Å². The van der Waals surface area contributed by atoms with Crippen LogP contribution in [0.15, 0.2) is 33.9 Å². The number of halogens is 3. The van der Waals surface area contributed by atoms with Crippen molar-refractivity contribution in [3.8, 4) is 5.75 Å². The molecule has 0 bridgehead atoms. The smallest absolute Gasteiger partial charge is 0.410 e. The first-order chi connectivity index (χ1) is 13.6. The van der Waals surface area contributed by atoms with E-state index in [1.165, 1.54) is 25.1 Å². The quantitative estimate of drug-likeness (QED) is 0.724. The molecule has 1 aliphatic rings. The van der Waals surface area contributed by atoms with Crippen molar-refractivity contribution in [3.05, 3.63) is 50.7 Å². The van der Waals surface area contributed by atoms with Gasteiger partial charge in [-0.1, -0.05) is 6.07 Å². The molecular weight excluding hydrogens is 395 g/mol. The lowest BCUT2D eigenvalue weighted by Crippen LogP contribution is -2.52. The first-order valence-corrected chi connectivity index (χ1v) is 8.61. The van der Waals surface area contributed by atoms with Crippen LogP contribution in [0.2, 0.25) is 0 Å². The molecule has 0 aliphatic carbocycles. The Hall–Kier alpha value is -3.31. The number of amides is 1. The van der Waals surface area contributed by atoms with Crippen LogP contribution in [0.4, 0.5) is 23.8 Å². The molecule has 1 fully saturated rings. The summed E-state index contributed by atoms with van der Waals surface area (Å²) >= 11 is 0. The lowest BCUT2D eigenvalue weighted by atomic mass is 10.2. The monoisotopic (exact) mass is 413 g/mol. The predicted molar refractivity (Wildman–Crippen MR) is 96.0 cm³/mol. The van der Waals surface area contributed by atoms with E-state index in [4.69, 9.17) is 4.74 Å². The SMILES string of the molecule is Cn1nc(N2CCN(C(=O)Oc3cccc(C(F)(F)F)c3)CC2)c(=O)n(C)c1=O. The Morgan fingerprint density at radius 2 is 1.76 bits per heavy atom. The van der Waals surface area contributed by atoms with E-state index in [-0.39, 0.29) is 37.7 Å². The van der Waals surface area contributed by atoms with Crippen molar-refractivity contribution in [1.29, 1.82) is 0 Å². The highest BCUT2D eigenvalue weighted by Crippen LogP contribution is 2.31. The Kier molecular flexibility index (Phi) is 5.36. The topological polar surface area (TPSA) is 89.7 Å². The van der Waals surface area contributed by atoms with Gasteiger partial charge in [0.05, 0.1) is 5.56 Å². The maximum atomic E-state index is 12.8. The van der Waals surface area contributed by atoms with Crippen molar-refractivity contribution in [2.75, 3.05) is 31.1 Å². The summed E-state index contributed by atoms with van der Waals surface area (Å²) in [6.07, 6.45) is -5.33. The number of aromatic nitrogens is 3. The second-order valence-electron chi connectivity index (χ2n) is 6.46. The molecule has 0 radical (unpaired) electrons. The number of piperazine rings is 1. The van der Waals surface area contributed by atoms with Gasteiger partial charge in [0.2, 0.25) is 5.82 Å². The van der Waals surface area contributed by atoms with E-state index in [2.05, 4.69) is 5.10 Å². The molecule has 0 atom stereocenters. The summed E-state index contributed by atoms with van der Waals surface area (Å²) in [4.78, 5) is 39.2. The third-order valence-corrected chi connectivity index (χ3v) is 4.51. The van der Waals surface area contributed by atoms with Crippen molar-refractivity contribution < 1.29 is 22.7 Å². The van der Waals surface area contributed by atoms with E-state index in [9.17, 15) is 27.6 Å². The van der Waals surface area contributed by atoms with Crippen LogP contribution < -0.4 is 20.9 Å². The molecule has 0 saturated carbocycles. The molecule has 3 rings (SSSR count). The fourth-order valence-corrected chi connectivity index (χ4v) is 2.88. The standard InChI is InChI=1S/C17H18F3N5O4/c1-22-14(26)13(21-23(2)15(22)27)24-6-8-25(9-7-24)16(28)29-12-5-3-4-11(10-12)17(18,19)20/h3-5,10H,6-9H2,1-2H3. The Morgan fingerprint density at radius 1 is 1.10 bits per heavy atom. The molecule has 1 aromatic carbocycles. The zero-order chi connectivity index (χ0) is 21.3. The molecule has 2 heterocycles. The summed E-state index contributed by atoms with van der Waals surface area (Å²) in [5.74, 6) is -0.124. The van der Waals surface area contributed by atoms with Gasteiger partial charge < -0.3 is 14.5 Å². The maximum Gasteiger partial charge on any atom is 0.416 e. The van der Waals surface area contributed by atoms with E-state index in [1.54, 1.807) is 4.90 Å². The van der Waals surface area contributed by atoms with Gasteiger partial charge >= 0.3 is 18.0 Å². The minimum absolute atomic E-state index is 0.0838. The molecule has 9 nitrogen and oxygen atoms in total. The van der Waals surface area contributed by atoms with Crippen LogP contribution in [0.1, 0.15) is 5.56 Å². The van der Waals surface area contributed by atoms with Gasteiger partial charge in [0.1, 0.15) is 5.75 Å². The number of hydrogen-bond donors (Lipinski definition) is 0. The largest absolute Gasteiger partial charge is 0.416 e. The van der Waals surface area contributed by atoms with Gasteiger partial charge in [-0.25, -0.2) is 14.3 Å². The van der Waals surface area contributed by atoms with Gasteiger partial charge in [0, 0.05) is 40.3 Å². The summed E-state index contributed by atoms with van der Waals surface area (Å²) in [5, 5.41) is 3.98. The maximum absolute atomic E-state index is 12.8. The summed E-state index contributed by atoms with van der Waals surface area (Å²) in [7, 11) is 2.77. The van der Waals surface area contributed by atoms with E-state index in [0.717, 1.165) is 27.4 Å². The van der Waals surface area contributed by atoms with Gasteiger partial charge in [0.25, 0.3) is 5.56 Å². The highest BCUT2D eigenvalue weighted by molar-refractivity contribution is 5.71. The highest BCUT2D eigenvalue weighted by atomic mass is 19.4. The Bertz CT molecular complexity index is 1040. The van der Waals surface area contributed by atoms with Gasteiger partial charge in [-0.15, -0.1) is 5.10 Å². The van der Waals surface area contributed by atoms with Crippen LogP contribution in [0.5, 0.6) is 5.75 Å². The Balaban J connectivity index is 1.66. The van der Waals surface area contributed by atoms with Crippen LogP contribution in [-0.2, 0) is 20.3 Å². The van der Waals surface area contributed by atoms with E-state index in [1.807, 2.05) is 0 Å². The van der Waals surface area contributed by atoms with Crippen LogP contribution >= 0.6 is 0 Å². The zero-order valence-corrected chi connectivity index (χ0v) is 15.6. The third kappa shape index (κ3) is 4.25. The van der Waals surface area contributed by atoms with Gasteiger partial charge in [-0.05, 0) is 18.2 Å². The minimum Gasteiger partial charge on any atom is -0.410 e. The van der Waals surface area contributed by atoms with Crippen LogP contribution in [-0.4, -0.2) is 51.5 Å². The number of carbonyl (C=O) groups is 1. The van der Waals surface area contributed by atoms with Gasteiger partial charge in [-0.3, -0.25) is 9.36 Å². The molecular formula is C17H18F3N5O4. The molecule has 12 heteroatoms. The summed E-state index contributed by atoms with van der Waals surface area (Å²) < 4.78 is 45.3. The molecule has 0 unspecified atom stereocenters. The molecule has 1 amide bonds. The van der Waals surface area contributed by atoms with Crippen molar-refractivity contribution in [3.63, 3.8) is 0 Å². The number of anilines is 1. The van der Waals surface area contributed by atoms with Crippen LogP contribution in [0, 0.1) is 0 Å². The summed E-state index contributed by atoms with van der Waals surface area (Å²) in [6, 6.07) is 4.06. The lowest BCUT2D eigenvalue weighted by Gasteiger charge is -2.34. The number of rotatable bonds is 2. The molecule has 1 aliphatic heterocycles. The van der Waals surface area contributed by atoms with E-state index < -0.39 is 29.1 Å². The molecule has 1 saturated heterocycles. The Morgan fingerprint density at radius 3 is 2.38 bits per heavy atom. The summed E-state index contributed by atoms with van der Waals surface area (Å²) in [5.41, 5.74) is -2.01. The molecule has 0 N–H and O–H groups in total. The molecule has 1 aromatic heterocycles. The zero-order valence-electron chi connectivity index (χ0n) is 15.6. The average Bonchev–Trinajstić information content (AvgIpc) is 2.69. The predicted octanol–water partition coefficient (Wildman–Crippen LogP) is 0.819. The second kappa shape index (κ2) is 7.60. The molecule has 2 aromatic rings. The van der Waals surface area contributed by atoms with E-state index in [0.29, 0.717) is 0 Å². The third-order valence-electron chi connectivity index (χ3n) is 4.51. The number of ether oxygens (including phenoxy) is 1. The highest BCUT2D eigenvalue weighted by Gasteiger charge is 2.31. The van der Waals surface area contributed by atoms with E-state index >= 15 is 0 Å². The van der Waals surface area contributed by atoms with Crippen molar-refractivity contribution in [2.24, 2.45) is 14.1 Å². The fourth-order valence-electron chi connectivity index (χ4n) is 2.88. The number of carbonyl (C=O) groups excluding carboxylic acids is 1. The van der Waals surface area contributed by atoms with Gasteiger partial charge in [-0.2, -0.15) is 13.2 Å². The molecule has 29 heavy (non-hydrogen) atoms. The lowest BCUT2D eigenvalue weighted by molar-refractivity contribution is -0.137. The van der Waals surface area contributed by atoms with Crippen molar-refractivity contribution in [2.45, 2.75) is 6.18 Å². The van der Waals surface area contributed by atoms with Crippen LogP contribution in [0.3, 0.4) is 0 Å². The molecule has 0 spiro atoms. The van der Waals surface area contributed by atoms with Crippen molar-refractivity contribution in [1.82, 2.24) is 19.2 Å². The average molecular weight is 413 g/mol. The normalized spacial score (nSPS) is 14.8. The summed E-state index contributed by atoms with van der Waals surface area (Å²) in [6.45, 7) is 0.840. The first-order valence-electron chi connectivity index (χ1n) is 8.61.